The highest BCUT2D eigenvalue weighted by Crippen LogP contribution is 2.30. The smallest absolute Gasteiger partial charge is 0.353 e. The Hall–Kier alpha value is -1.92. The van der Waals surface area contributed by atoms with Crippen molar-refractivity contribution in [2.24, 2.45) is 0 Å². The van der Waals surface area contributed by atoms with Gasteiger partial charge in [-0.1, -0.05) is 6.92 Å². The van der Waals surface area contributed by atoms with Gasteiger partial charge in [0.25, 0.3) is 0 Å². The molecular weight excluding hydrogens is 222 g/mol. The molecule has 1 rings (SSSR count). The van der Waals surface area contributed by atoms with Gasteiger partial charge >= 0.3 is 5.69 Å². The zero-order valence-electron chi connectivity index (χ0n) is 10.3. The Labute approximate surface area is 100 Å². The van der Waals surface area contributed by atoms with E-state index in [2.05, 4.69) is 15.3 Å². The molecule has 7 nitrogen and oxygen atoms in total. The fourth-order valence-corrected chi connectivity index (χ4v) is 1.34. The van der Waals surface area contributed by atoms with Gasteiger partial charge in [0.15, 0.2) is 0 Å². The lowest BCUT2D eigenvalue weighted by Crippen LogP contribution is -2.20. The number of nitrogens with one attached hydrogen (secondary N) is 1. The maximum absolute atomic E-state index is 11.1. The summed E-state index contributed by atoms with van der Waals surface area (Å²) in [6, 6.07) is 0. The summed E-state index contributed by atoms with van der Waals surface area (Å²) in [5, 5.41) is 14.0. The van der Waals surface area contributed by atoms with Crippen LogP contribution in [0.2, 0.25) is 0 Å². The van der Waals surface area contributed by atoms with Crippen LogP contribution in [0.15, 0.2) is 6.33 Å². The lowest BCUT2D eigenvalue weighted by atomic mass is 10.3. The molecule has 1 heterocycles. The molecule has 0 saturated heterocycles. The molecule has 0 amide bonds. The van der Waals surface area contributed by atoms with Crippen molar-refractivity contribution < 1.29 is 4.92 Å². The maximum Gasteiger partial charge on any atom is 0.353 e. The second-order valence-electron chi connectivity index (χ2n) is 3.59. The van der Waals surface area contributed by atoms with E-state index in [0.29, 0.717) is 18.9 Å². The van der Waals surface area contributed by atoms with Crippen LogP contribution < -0.4 is 10.2 Å². The topological polar surface area (TPSA) is 84.2 Å². The highest BCUT2D eigenvalue weighted by atomic mass is 16.6. The minimum atomic E-state index is -0.445. The number of hydrogen-bond acceptors (Lipinski definition) is 6. The third-order valence-corrected chi connectivity index (χ3v) is 2.36. The summed E-state index contributed by atoms with van der Waals surface area (Å²) in [5.41, 5.74) is -0.0645. The van der Waals surface area contributed by atoms with E-state index < -0.39 is 4.92 Å². The van der Waals surface area contributed by atoms with E-state index in [9.17, 15) is 10.1 Å². The van der Waals surface area contributed by atoms with Gasteiger partial charge in [-0.15, -0.1) is 0 Å². The molecule has 94 valence electrons. The molecular formula is C10H17N5O2. The summed E-state index contributed by atoms with van der Waals surface area (Å²) in [4.78, 5) is 20.3. The number of aromatic nitrogens is 2. The van der Waals surface area contributed by atoms with Gasteiger partial charge in [-0.05, 0) is 13.3 Å². The Morgan fingerprint density at radius 2 is 2.18 bits per heavy atom. The fourth-order valence-electron chi connectivity index (χ4n) is 1.34. The second-order valence-corrected chi connectivity index (χ2v) is 3.59. The lowest BCUT2D eigenvalue weighted by Gasteiger charge is -2.16. The minimum absolute atomic E-state index is 0.0645. The van der Waals surface area contributed by atoms with Crippen molar-refractivity contribution in [2.45, 2.75) is 20.3 Å². The van der Waals surface area contributed by atoms with Gasteiger partial charge in [0.05, 0.1) is 4.92 Å². The van der Waals surface area contributed by atoms with Gasteiger partial charge in [-0.2, -0.15) is 0 Å². The van der Waals surface area contributed by atoms with Crippen molar-refractivity contribution in [3.05, 3.63) is 16.4 Å². The summed E-state index contributed by atoms with van der Waals surface area (Å²) in [7, 11) is 1.76. The molecule has 1 aromatic rings. The Bertz CT molecular complexity index is 396. The molecule has 0 atom stereocenters. The molecule has 0 aliphatic carbocycles. The maximum atomic E-state index is 11.1. The summed E-state index contributed by atoms with van der Waals surface area (Å²) in [6.45, 7) is 5.18. The molecule has 1 N–H and O–H groups in total. The van der Waals surface area contributed by atoms with Crippen LogP contribution in [0.25, 0.3) is 0 Å². The summed E-state index contributed by atoms with van der Waals surface area (Å²) < 4.78 is 0. The van der Waals surface area contributed by atoms with Crippen LogP contribution in [0.5, 0.6) is 0 Å². The van der Waals surface area contributed by atoms with Crippen molar-refractivity contribution in [3.63, 3.8) is 0 Å². The highest BCUT2D eigenvalue weighted by molar-refractivity contribution is 5.69. The van der Waals surface area contributed by atoms with E-state index >= 15 is 0 Å². The number of rotatable bonds is 6. The first-order valence-corrected chi connectivity index (χ1v) is 5.56. The van der Waals surface area contributed by atoms with Crippen LogP contribution in [-0.4, -0.2) is 35.0 Å². The molecule has 0 aliphatic rings. The van der Waals surface area contributed by atoms with Crippen molar-refractivity contribution in [1.82, 2.24) is 9.97 Å². The van der Waals surface area contributed by atoms with Gasteiger partial charge in [0.2, 0.25) is 11.6 Å². The third kappa shape index (κ3) is 3.02. The Morgan fingerprint density at radius 1 is 1.47 bits per heavy atom. The number of anilines is 2. The molecule has 17 heavy (non-hydrogen) atoms. The minimum Gasteiger partial charge on any atom is -0.364 e. The Morgan fingerprint density at radius 3 is 2.71 bits per heavy atom. The monoisotopic (exact) mass is 239 g/mol. The summed E-state index contributed by atoms with van der Waals surface area (Å²) in [6.07, 6.45) is 2.21. The van der Waals surface area contributed by atoms with Crippen LogP contribution in [0.4, 0.5) is 17.3 Å². The van der Waals surface area contributed by atoms with Crippen molar-refractivity contribution >= 4 is 17.3 Å². The average Bonchev–Trinajstić information content (AvgIpc) is 2.34. The lowest BCUT2D eigenvalue weighted by molar-refractivity contribution is -0.383. The molecule has 0 aromatic carbocycles. The molecule has 1 aromatic heterocycles. The van der Waals surface area contributed by atoms with Crippen LogP contribution in [0.3, 0.4) is 0 Å². The molecule has 0 aliphatic heterocycles. The average molecular weight is 239 g/mol. The first-order chi connectivity index (χ1) is 8.11. The van der Waals surface area contributed by atoms with Crippen LogP contribution in [0, 0.1) is 10.1 Å². The van der Waals surface area contributed by atoms with Gasteiger partial charge in [-0.25, -0.2) is 9.97 Å². The normalized spacial score (nSPS) is 10.1. The van der Waals surface area contributed by atoms with Crippen LogP contribution in [0.1, 0.15) is 20.3 Å². The zero-order chi connectivity index (χ0) is 12.8. The zero-order valence-corrected chi connectivity index (χ0v) is 10.3. The quantitative estimate of drug-likeness (QED) is 0.600. The van der Waals surface area contributed by atoms with Gasteiger partial charge in [0, 0.05) is 20.1 Å². The number of nitrogens with zero attached hydrogens (tertiary/aromatic N) is 4. The molecule has 7 heteroatoms. The van der Waals surface area contributed by atoms with E-state index in [0.717, 1.165) is 6.42 Å². The van der Waals surface area contributed by atoms with E-state index in [1.807, 2.05) is 13.8 Å². The number of nitro groups is 1. The second kappa shape index (κ2) is 5.97. The predicted molar refractivity (Wildman–Crippen MR) is 66.4 cm³/mol. The highest BCUT2D eigenvalue weighted by Gasteiger charge is 2.24. The third-order valence-electron chi connectivity index (χ3n) is 2.36. The van der Waals surface area contributed by atoms with Crippen LogP contribution >= 0.6 is 0 Å². The first kappa shape index (κ1) is 13.1. The number of hydrogen-bond donors (Lipinski definition) is 1. The van der Waals surface area contributed by atoms with Crippen molar-refractivity contribution in [2.75, 3.05) is 30.4 Å². The summed E-state index contributed by atoms with van der Waals surface area (Å²) in [5.74, 6) is 0.619. The molecule has 0 saturated carbocycles. The van der Waals surface area contributed by atoms with E-state index in [-0.39, 0.29) is 11.5 Å². The van der Waals surface area contributed by atoms with E-state index in [4.69, 9.17) is 0 Å². The summed E-state index contributed by atoms with van der Waals surface area (Å²) >= 11 is 0. The van der Waals surface area contributed by atoms with Gasteiger partial charge in [-0.3, -0.25) is 10.1 Å². The predicted octanol–water partition coefficient (Wildman–Crippen LogP) is 1.66. The fraction of sp³-hybridized carbons (Fsp3) is 0.600. The first-order valence-electron chi connectivity index (χ1n) is 5.56. The molecule has 0 radical (unpaired) electrons. The van der Waals surface area contributed by atoms with Crippen LogP contribution in [-0.2, 0) is 0 Å². The Kier molecular flexibility index (Phi) is 4.62. The van der Waals surface area contributed by atoms with Crippen molar-refractivity contribution in [1.29, 1.82) is 0 Å². The molecule has 0 spiro atoms. The molecule has 0 bridgehead atoms. The van der Waals surface area contributed by atoms with Gasteiger partial charge < -0.3 is 10.2 Å². The van der Waals surface area contributed by atoms with Crippen molar-refractivity contribution in [3.8, 4) is 0 Å². The molecule has 0 unspecified atom stereocenters. The largest absolute Gasteiger partial charge is 0.364 e. The van der Waals surface area contributed by atoms with Gasteiger partial charge in [0.1, 0.15) is 6.33 Å². The Balaban J connectivity index is 3.17. The SMILES string of the molecule is CCCNc1ncnc(N(C)CC)c1[N+](=O)[O-]. The molecule has 0 fully saturated rings. The van der Waals surface area contributed by atoms with E-state index in [1.54, 1.807) is 11.9 Å². The standard InChI is InChI=1S/C10H17N5O2/c1-4-6-11-9-8(15(16)17)10(13-7-12-9)14(3)5-2/h7H,4-6H2,1-3H3,(H,11,12,13). The van der Waals surface area contributed by atoms with E-state index in [1.165, 1.54) is 6.33 Å².